The topological polar surface area (TPSA) is 123 Å². The third-order valence-corrected chi connectivity index (χ3v) is 5.74. The normalized spacial score (nSPS) is 17.6. The average Bonchev–Trinajstić information content (AvgIpc) is 3.33. The number of rotatable bonds is 4. The number of hydrogen-bond acceptors (Lipinski definition) is 5. The Bertz CT molecular complexity index is 1350. The van der Waals surface area contributed by atoms with Gasteiger partial charge in [-0.25, -0.2) is 9.78 Å². The van der Waals surface area contributed by atoms with Crippen molar-refractivity contribution in [3.63, 3.8) is 0 Å². The third-order valence-electron chi connectivity index (χ3n) is 5.74. The fraction of sp³-hybridized carbons (Fsp3) is 0.130. The highest BCUT2D eigenvalue weighted by Crippen LogP contribution is 2.43. The summed E-state index contributed by atoms with van der Waals surface area (Å²) in [5.74, 6) is -0.121. The van der Waals surface area contributed by atoms with Gasteiger partial charge in [0.2, 0.25) is 5.95 Å². The van der Waals surface area contributed by atoms with E-state index in [0.717, 1.165) is 10.5 Å². The van der Waals surface area contributed by atoms with E-state index in [1.807, 2.05) is 0 Å². The first-order chi connectivity index (χ1) is 15.4. The quantitative estimate of drug-likeness (QED) is 0.458. The van der Waals surface area contributed by atoms with E-state index in [0.29, 0.717) is 27.7 Å². The number of H-pyrrole nitrogens is 1. The standard InChI is InChI=1S/C23H19N5O4/c1-27(22(30)31)21-25-18-7-6-15(12-19(18)26-21)23(32)17-5-3-2-4-16(17)20(29)28(23)13-14-8-10-24-11-9-14/h2-12,32H,13H2,1H3,(H,25,26)(H,30,31). The number of hydrogen-bond donors (Lipinski definition) is 3. The summed E-state index contributed by atoms with van der Waals surface area (Å²) in [4.78, 5) is 38.2. The van der Waals surface area contributed by atoms with Gasteiger partial charge in [0.25, 0.3) is 5.91 Å². The van der Waals surface area contributed by atoms with Gasteiger partial charge >= 0.3 is 6.09 Å². The van der Waals surface area contributed by atoms with E-state index >= 15 is 0 Å². The summed E-state index contributed by atoms with van der Waals surface area (Å²) < 4.78 is 0. The highest BCUT2D eigenvalue weighted by atomic mass is 16.4. The highest BCUT2D eigenvalue weighted by molar-refractivity contribution is 6.00. The summed E-state index contributed by atoms with van der Waals surface area (Å²) in [6.45, 7) is 0.181. The van der Waals surface area contributed by atoms with Gasteiger partial charge in [0.15, 0.2) is 5.72 Å². The summed E-state index contributed by atoms with van der Waals surface area (Å²) in [6.07, 6.45) is 2.13. The van der Waals surface area contributed by atoms with Gasteiger partial charge in [-0.15, -0.1) is 0 Å². The van der Waals surface area contributed by atoms with Crippen LogP contribution in [0.1, 0.15) is 27.0 Å². The number of nitrogens with zero attached hydrogens (tertiary/aromatic N) is 4. The molecule has 4 aromatic rings. The molecule has 0 fully saturated rings. The van der Waals surface area contributed by atoms with Crippen molar-refractivity contribution >= 4 is 29.0 Å². The zero-order valence-electron chi connectivity index (χ0n) is 17.1. The van der Waals surface area contributed by atoms with Gasteiger partial charge in [-0.1, -0.05) is 24.3 Å². The summed E-state index contributed by atoms with van der Waals surface area (Å²) >= 11 is 0. The number of benzene rings is 2. The Morgan fingerprint density at radius 2 is 1.91 bits per heavy atom. The van der Waals surface area contributed by atoms with Gasteiger partial charge in [-0.3, -0.25) is 19.6 Å². The van der Waals surface area contributed by atoms with Crippen LogP contribution < -0.4 is 4.90 Å². The minimum absolute atomic E-state index is 0.160. The molecule has 1 aliphatic heterocycles. The van der Waals surface area contributed by atoms with Gasteiger partial charge in [0.05, 0.1) is 11.0 Å². The Hall–Kier alpha value is -4.24. The number of carboxylic acid groups (broad SMARTS) is 1. The Morgan fingerprint density at radius 3 is 2.66 bits per heavy atom. The molecule has 0 saturated heterocycles. The molecule has 0 aliphatic carbocycles. The summed E-state index contributed by atoms with van der Waals surface area (Å²) in [6, 6.07) is 15.6. The van der Waals surface area contributed by atoms with Crippen LogP contribution in [0, 0.1) is 0 Å². The number of aromatic amines is 1. The molecule has 0 spiro atoms. The molecule has 0 radical (unpaired) electrons. The second kappa shape index (κ2) is 7.17. The second-order valence-corrected chi connectivity index (χ2v) is 7.60. The van der Waals surface area contributed by atoms with Crippen molar-refractivity contribution in [2.45, 2.75) is 12.3 Å². The van der Waals surface area contributed by atoms with Gasteiger partial charge < -0.3 is 15.2 Å². The van der Waals surface area contributed by atoms with Crippen molar-refractivity contribution in [1.29, 1.82) is 0 Å². The highest BCUT2D eigenvalue weighted by Gasteiger charge is 2.49. The van der Waals surface area contributed by atoms with Crippen LogP contribution in [0.25, 0.3) is 11.0 Å². The van der Waals surface area contributed by atoms with Crippen LogP contribution >= 0.6 is 0 Å². The van der Waals surface area contributed by atoms with E-state index in [9.17, 15) is 19.8 Å². The first-order valence-electron chi connectivity index (χ1n) is 9.89. The number of carbonyl (C=O) groups excluding carboxylic acids is 1. The Balaban J connectivity index is 1.65. The number of fused-ring (bicyclic) bond motifs is 2. The van der Waals surface area contributed by atoms with E-state index in [-0.39, 0.29) is 18.4 Å². The average molecular weight is 429 g/mol. The largest absolute Gasteiger partial charge is 0.465 e. The molecule has 3 N–H and O–H groups in total. The van der Waals surface area contributed by atoms with Crippen molar-refractivity contribution in [3.05, 3.63) is 89.2 Å². The SMILES string of the molecule is CN(C(=O)O)c1nc2ccc(C3(O)c4ccccc4C(=O)N3Cc3ccncc3)cc2[nH]1. The van der Waals surface area contributed by atoms with Crippen LogP contribution in [-0.2, 0) is 12.3 Å². The maximum Gasteiger partial charge on any atom is 0.413 e. The number of aliphatic hydroxyl groups is 1. The third kappa shape index (κ3) is 2.90. The second-order valence-electron chi connectivity index (χ2n) is 7.60. The molecule has 1 atom stereocenters. The number of imidazole rings is 1. The molecular weight excluding hydrogens is 410 g/mol. The molecule has 0 saturated carbocycles. The Kier molecular flexibility index (Phi) is 4.42. The molecule has 0 bridgehead atoms. The molecule has 32 heavy (non-hydrogen) atoms. The van der Waals surface area contributed by atoms with Crippen LogP contribution in [0.3, 0.4) is 0 Å². The maximum atomic E-state index is 13.3. The fourth-order valence-electron chi connectivity index (χ4n) is 4.04. The lowest BCUT2D eigenvalue weighted by Gasteiger charge is -2.35. The van der Waals surface area contributed by atoms with Crippen molar-refractivity contribution in [2.24, 2.45) is 0 Å². The summed E-state index contributed by atoms with van der Waals surface area (Å²) in [7, 11) is 1.39. The molecule has 1 unspecified atom stereocenters. The molecule has 1 aliphatic rings. The van der Waals surface area contributed by atoms with E-state index in [4.69, 9.17) is 0 Å². The minimum atomic E-state index is -1.71. The summed E-state index contributed by atoms with van der Waals surface area (Å²) in [5.41, 5.74) is 1.58. The monoisotopic (exact) mass is 429 g/mol. The molecule has 2 aromatic heterocycles. The predicted octanol–water partition coefficient (Wildman–Crippen LogP) is 2.92. The van der Waals surface area contributed by atoms with Crippen molar-refractivity contribution in [2.75, 3.05) is 11.9 Å². The lowest BCUT2D eigenvalue weighted by Crippen LogP contribution is -2.44. The first kappa shape index (κ1) is 19.7. The van der Waals surface area contributed by atoms with Crippen molar-refractivity contribution in [3.8, 4) is 0 Å². The van der Waals surface area contributed by atoms with Crippen LogP contribution in [0.15, 0.2) is 67.0 Å². The minimum Gasteiger partial charge on any atom is -0.465 e. The van der Waals surface area contributed by atoms with Gasteiger partial charge in [-0.2, -0.15) is 0 Å². The number of nitrogens with one attached hydrogen (secondary N) is 1. The lowest BCUT2D eigenvalue weighted by atomic mass is 9.93. The molecular formula is C23H19N5O4. The van der Waals surface area contributed by atoms with E-state index in [1.54, 1.807) is 67.0 Å². The number of aromatic nitrogens is 3. The van der Waals surface area contributed by atoms with E-state index < -0.39 is 11.8 Å². The molecule has 2 aromatic carbocycles. The molecule has 160 valence electrons. The van der Waals surface area contributed by atoms with Crippen molar-refractivity contribution in [1.82, 2.24) is 19.9 Å². The van der Waals surface area contributed by atoms with Crippen molar-refractivity contribution < 1.29 is 19.8 Å². The lowest BCUT2D eigenvalue weighted by molar-refractivity contribution is -0.0542. The van der Waals surface area contributed by atoms with Crippen LogP contribution in [-0.4, -0.2) is 49.1 Å². The van der Waals surface area contributed by atoms with E-state index in [2.05, 4.69) is 15.0 Å². The number of amides is 2. The number of carbonyl (C=O) groups is 2. The van der Waals surface area contributed by atoms with Crippen LogP contribution in [0.5, 0.6) is 0 Å². The molecule has 9 nitrogen and oxygen atoms in total. The predicted molar refractivity (Wildman–Crippen MR) is 116 cm³/mol. The summed E-state index contributed by atoms with van der Waals surface area (Å²) in [5, 5.41) is 21.2. The zero-order chi connectivity index (χ0) is 22.5. The fourth-order valence-corrected chi connectivity index (χ4v) is 4.04. The maximum absolute atomic E-state index is 13.3. The first-order valence-corrected chi connectivity index (χ1v) is 9.89. The molecule has 2 amide bonds. The van der Waals surface area contributed by atoms with Crippen LogP contribution in [0.2, 0.25) is 0 Å². The Labute approximate surface area is 182 Å². The molecule has 3 heterocycles. The van der Waals surface area contributed by atoms with E-state index in [1.165, 1.54) is 11.9 Å². The molecule has 5 rings (SSSR count). The number of pyridine rings is 1. The smallest absolute Gasteiger partial charge is 0.413 e. The Morgan fingerprint density at radius 1 is 1.16 bits per heavy atom. The van der Waals surface area contributed by atoms with Gasteiger partial charge in [0, 0.05) is 42.7 Å². The molecule has 9 heteroatoms. The van der Waals surface area contributed by atoms with Gasteiger partial charge in [-0.05, 0) is 35.9 Å². The number of anilines is 1. The van der Waals surface area contributed by atoms with Crippen LogP contribution in [0.4, 0.5) is 10.7 Å². The zero-order valence-corrected chi connectivity index (χ0v) is 17.1. The van der Waals surface area contributed by atoms with Gasteiger partial charge in [0.1, 0.15) is 0 Å².